The summed E-state index contributed by atoms with van der Waals surface area (Å²) in [5.74, 6) is 1.62. The number of nitrogens with zero attached hydrogens (tertiary/aromatic N) is 3. The molecular weight excluding hydrogens is 286 g/mol. The lowest BCUT2D eigenvalue weighted by Crippen LogP contribution is -2.17. The summed E-state index contributed by atoms with van der Waals surface area (Å²) in [4.78, 5) is 11.5. The van der Waals surface area contributed by atoms with Crippen molar-refractivity contribution in [2.24, 2.45) is 0 Å². The van der Waals surface area contributed by atoms with Crippen LogP contribution in [0.1, 0.15) is 19.3 Å². The number of hydrogen-bond acceptors (Lipinski definition) is 5. The molecule has 0 spiro atoms. The molecule has 1 aliphatic rings. The molecule has 1 aliphatic carbocycles. The van der Waals surface area contributed by atoms with Crippen LogP contribution in [0.25, 0.3) is 11.3 Å². The maximum atomic E-state index is 4.67. The molecule has 2 aromatic rings. The second kappa shape index (κ2) is 7.42. The molecule has 1 saturated carbocycles. The summed E-state index contributed by atoms with van der Waals surface area (Å²) in [5, 5.41) is 6.83. The van der Waals surface area contributed by atoms with Crippen molar-refractivity contribution in [1.29, 1.82) is 0 Å². The number of rotatable bonds is 8. The number of nitrogens with one attached hydrogen (secondary N) is 2. The molecule has 0 bridgehead atoms. The minimum Gasteiger partial charge on any atom is -0.367 e. The fourth-order valence-electron chi connectivity index (χ4n) is 2.39. The van der Waals surface area contributed by atoms with Crippen LogP contribution < -0.4 is 10.6 Å². The smallest absolute Gasteiger partial charge is 0.225 e. The summed E-state index contributed by atoms with van der Waals surface area (Å²) in [6, 6.07) is 12.9. The third-order valence-corrected chi connectivity index (χ3v) is 3.79. The molecule has 1 fully saturated rings. The van der Waals surface area contributed by atoms with Crippen LogP contribution in [0.4, 0.5) is 11.8 Å². The van der Waals surface area contributed by atoms with Gasteiger partial charge in [-0.05, 0) is 39.9 Å². The maximum Gasteiger partial charge on any atom is 0.225 e. The van der Waals surface area contributed by atoms with Crippen LogP contribution in [0.15, 0.2) is 36.4 Å². The van der Waals surface area contributed by atoms with Crippen molar-refractivity contribution in [3.8, 4) is 11.3 Å². The normalized spacial score (nSPS) is 14.0. The molecular formula is C18H25N5. The van der Waals surface area contributed by atoms with Crippen LogP contribution in [-0.4, -0.2) is 48.1 Å². The van der Waals surface area contributed by atoms with E-state index in [1.807, 2.05) is 24.3 Å². The first-order valence-corrected chi connectivity index (χ1v) is 8.30. The zero-order valence-corrected chi connectivity index (χ0v) is 13.9. The second-order valence-corrected chi connectivity index (χ2v) is 6.33. The SMILES string of the molecule is CN(C)CCCNc1nc(NC2CC2)cc(-c2ccccc2)n1. The summed E-state index contributed by atoms with van der Waals surface area (Å²) in [6.45, 7) is 1.93. The molecule has 0 saturated heterocycles. The summed E-state index contributed by atoms with van der Waals surface area (Å²) >= 11 is 0. The molecule has 1 aromatic carbocycles. The Bertz CT molecular complexity index is 623. The molecule has 0 amide bonds. The molecule has 1 heterocycles. The van der Waals surface area contributed by atoms with Gasteiger partial charge in [-0.15, -0.1) is 0 Å². The summed E-state index contributed by atoms with van der Waals surface area (Å²) in [5.41, 5.74) is 2.07. The number of anilines is 2. The Balaban J connectivity index is 1.74. The van der Waals surface area contributed by atoms with E-state index in [-0.39, 0.29) is 0 Å². The van der Waals surface area contributed by atoms with E-state index in [0.717, 1.165) is 36.6 Å². The molecule has 0 radical (unpaired) electrons. The Kier molecular flexibility index (Phi) is 5.08. The Morgan fingerprint density at radius 1 is 1.13 bits per heavy atom. The Morgan fingerprint density at radius 3 is 2.61 bits per heavy atom. The predicted octanol–water partition coefficient (Wildman–Crippen LogP) is 3.08. The van der Waals surface area contributed by atoms with Gasteiger partial charge in [-0.25, -0.2) is 4.98 Å². The first kappa shape index (κ1) is 15.7. The summed E-state index contributed by atoms with van der Waals surface area (Å²) < 4.78 is 0. The van der Waals surface area contributed by atoms with Crippen LogP contribution in [0.5, 0.6) is 0 Å². The van der Waals surface area contributed by atoms with E-state index >= 15 is 0 Å². The molecule has 5 nitrogen and oxygen atoms in total. The lowest BCUT2D eigenvalue weighted by atomic mass is 10.1. The van der Waals surface area contributed by atoms with Gasteiger partial charge in [-0.1, -0.05) is 30.3 Å². The van der Waals surface area contributed by atoms with Crippen LogP contribution >= 0.6 is 0 Å². The van der Waals surface area contributed by atoms with Gasteiger partial charge in [0.2, 0.25) is 5.95 Å². The number of hydrogen-bond donors (Lipinski definition) is 2. The van der Waals surface area contributed by atoms with Crippen molar-refractivity contribution in [2.45, 2.75) is 25.3 Å². The van der Waals surface area contributed by atoms with Crippen molar-refractivity contribution in [1.82, 2.24) is 14.9 Å². The monoisotopic (exact) mass is 311 g/mol. The van der Waals surface area contributed by atoms with Crippen molar-refractivity contribution in [3.05, 3.63) is 36.4 Å². The van der Waals surface area contributed by atoms with E-state index in [4.69, 9.17) is 0 Å². The molecule has 0 unspecified atom stereocenters. The Morgan fingerprint density at radius 2 is 1.91 bits per heavy atom. The van der Waals surface area contributed by atoms with Gasteiger partial charge in [0.1, 0.15) is 5.82 Å². The van der Waals surface area contributed by atoms with Crippen molar-refractivity contribution in [2.75, 3.05) is 37.8 Å². The van der Waals surface area contributed by atoms with Gasteiger partial charge in [0.05, 0.1) is 5.69 Å². The fraction of sp³-hybridized carbons (Fsp3) is 0.444. The molecule has 122 valence electrons. The molecule has 2 N–H and O–H groups in total. The second-order valence-electron chi connectivity index (χ2n) is 6.33. The minimum atomic E-state index is 0.579. The first-order chi connectivity index (χ1) is 11.2. The van der Waals surface area contributed by atoms with Gasteiger partial charge in [0, 0.05) is 24.2 Å². The highest BCUT2D eigenvalue weighted by Gasteiger charge is 2.22. The average molecular weight is 311 g/mol. The average Bonchev–Trinajstić information content (AvgIpc) is 3.36. The van der Waals surface area contributed by atoms with Gasteiger partial charge in [0.25, 0.3) is 0 Å². The third kappa shape index (κ3) is 4.93. The van der Waals surface area contributed by atoms with E-state index in [1.54, 1.807) is 0 Å². The number of benzene rings is 1. The molecule has 0 atom stereocenters. The Labute approximate surface area is 138 Å². The van der Waals surface area contributed by atoms with E-state index in [9.17, 15) is 0 Å². The summed E-state index contributed by atoms with van der Waals surface area (Å²) in [6.07, 6.45) is 3.53. The summed E-state index contributed by atoms with van der Waals surface area (Å²) in [7, 11) is 4.17. The zero-order chi connectivity index (χ0) is 16.1. The lowest BCUT2D eigenvalue weighted by molar-refractivity contribution is 0.405. The zero-order valence-electron chi connectivity index (χ0n) is 13.9. The standard InChI is InChI=1S/C18H25N5/c1-23(2)12-6-11-19-18-21-16(14-7-4-3-5-8-14)13-17(22-18)20-15-9-10-15/h3-5,7-8,13,15H,6,9-12H2,1-2H3,(H2,19,20,21,22). The van der Waals surface area contributed by atoms with Gasteiger partial charge < -0.3 is 15.5 Å². The third-order valence-electron chi connectivity index (χ3n) is 3.79. The van der Waals surface area contributed by atoms with Crippen molar-refractivity contribution < 1.29 is 0 Å². The highest BCUT2D eigenvalue weighted by Crippen LogP contribution is 2.27. The van der Waals surface area contributed by atoms with Gasteiger partial charge in [0.15, 0.2) is 0 Å². The molecule has 3 rings (SSSR count). The van der Waals surface area contributed by atoms with E-state index in [1.165, 1.54) is 12.8 Å². The van der Waals surface area contributed by atoms with E-state index in [0.29, 0.717) is 12.0 Å². The van der Waals surface area contributed by atoms with Crippen molar-refractivity contribution in [3.63, 3.8) is 0 Å². The molecule has 1 aromatic heterocycles. The topological polar surface area (TPSA) is 53.1 Å². The maximum absolute atomic E-state index is 4.67. The largest absolute Gasteiger partial charge is 0.367 e. The van der Waals surface area contributed by atoms with E-state index < -0.39 is 0 Å². The van der Waals surface area contributed by atoms with Crippen LogP contribution in [-0.2, 0) is 0 Å². The Hall–Kier alpha value is -2.14. The van der Waals surface area contributed by atoms with Crippen LogP contribution in [0, 0.1) is 0 Å². The first-order valence-electron chi connectivity index (χ1n) is 8.30. The molecule has 5 heteroatoms. The van der Waals surface area contributed by atoms with Gasteiger partial charge in [-0.2, -0.15) is 4.98 Å². The van der Waals surface area contributed by atoms with Gasteiger partial charge in [-0.3, -0.25) is 0 Å². The minimum absolute atomic E-state index is 0.579. The predicted molar refractivity (Wildman–Crippen MR) is 95.8 cm³/mol. The van der Waals surface area contributed by atoms with Crippen LogP contribution in [0.2, 0.25) is 0 Å². The fourth-order valence-corrected chi connectivity index (χ4v) is 2.39. The highest BCUT2D eigenvalue weighted by atomic mass is 15.2. The van der Waals surface area contributed by atoms with Gasteiger partial charge >= 0.3 is 0 Å². The lowest BCUT2D eigenvalue weighted by Gasteiger charge is -2.12. The van der Waals surface area contributed by atoms with E-state index in [2.05, 4.69) is 51.7 Å². The quantitative estimate of drug-likeness (QED) is 0.734. The highest BCUT2D eigenvalue weighted by molar-refractivity contribution is 5.64. The molecule has 23 heavy (non-hydrogen) atoms. The van der Waals surface area contributed by atoms with Crippen molar-refractivity contribution >= 4 is 11.8 Å². The number of aromatic nitrogens is 2. The molecule has 0 aliphatic heterocycles. The van der Waals surface area contributed by atoms with Crippen LogP contribution in [0.3, 0.4) is 0 Å².